The van der Waals surface area contributed by atoms with Crippen LogP contribution in [-0.2, 0) is 11.2 Å². The molecule has 0 fully saturated rings. The Bertz CT molecular complexity index is 1320. The number of rotatable bonds is 10. The Balaban J connectivity index is 1.53. The summed E-state index contributed by atoms with van der Waals surface area (Å²) in [7, 11) is 1.93. The molecule has 0 saturated carbocycles. The van der Waals surface area contributed by atoms with Crippen molar-refractivity contribution in [2.75, 3.05) is 13.6 Å². The summed E-state index contributed by atoms with van der Waals surface area (Å²) in [5.74, 6) is -1.54. The Hall–Kier alpha value is -4.34. The minimum absolute atomic E-state index is 0.0422. The summed E-state index contributed by atoms with van der Waals surface area (Å²) >= 11 is 0. The van der Waals surface area contributed by atoms with Gasteiger partial charge in [-0.1, -0.05) is 48.5 Å². The van der Waals surface area contributed by atoms with E-state index < -0.39 is 12.3 Å². The molecule has 39 heavy (non-hydrogen) atoms. The Labute approximate surface area is 223 Å². The molecule has 0 radical (unpaired) electrons. The lowest BCUT2D eigenvalue weighted by molar-refractivity contribution is -0.274. The van der Waals surface area contributed by atoms with Gasteiger partial charge in [0.1, 0.15) is 5.75 Å². The van der Waals surface area contributed by atoms with E-state index in [1.165, 1.54) is 12.1 Å². The monoisotopic (exact) mass is 539 g/mol. The first-order chi connectivity index (χ1) is 18.6. The number of nitrogens with one attached hydrogen (secondary N) is 1. The largest absolute Gasteiger partial charge is 0.573 e. The fourth-order valence-corrected chi connectivity index (χ4v) is 4.65. The molecule has 2 atom stereocenters. The van der Waals surface area contributed by atoms with E-state index in [9.17, 15) is 22.8 Å². The fourth-order valence-electron chi connectivity index (χ4n) is 4.65. The van der Waals surface area contributed by atoms with Crippen molar-refractivity contribution in [3.8, 4) is 16.9 Å². The molecule has 4 rings (SSSR count). The molecule has 0 aliphatic carbocycles. The van der Waals surface area contributed by atoms with Crippen molar-refractivity contribution < 1.29 is 32.6 Å². The number of likely N-dealkylation sites (N-methyl/N-ethyl adjacent to an activating group) is 1. The van der Waals surface area contributed by atoms with Crippen LogP contribution in [0.4, 0.5) is 13.2 Å². The van der Waals surface area contributed by atoms with Crippen LogP contribution in [0.25, 0.3) is 11.1 Å². The molecule has 1 heterocycles. The number of aliphatic carboxylic acids is 1. The van der Waals surface area contributed by atoms with Gasteiger partial charge in [-0.25, -0.2) is 0 Å². The summed E-state index contributed by atoms with van der Waals surface area (Å²) < 4.78 is 41.6. The SMILES string of the molecule is CN1N=CCC1C(Cc1ccc(C(=O)NCCC(=O)O)cc1)c1cccc(-c2ccc(OC(F)(F)F)cc2)c1. The number of alkyl halides is 3. The van der Waals surface area contributed by atoms with E-state index in [0.717, 1.165) is 28.7 Å². The average molecular weight is 540 g/mol. The van der Waals surface area contributed by atoms with Gasteiger partial charge in [0.25, 0.3) is 5.91 Å². The van der Waals surface area contributed by atoms with E-state index in [1.54, 1.807) is 24.3 Å². The van der Waals surface area contributed by atoms with Crippen LogP contribution in [0.15, 0.2) is 77.9 Å². The maximum Gasteiger partial charge on any atom is 0.573 e. The third-order valence-electron chi connectivity index (χ3n) is 6.59. The van der Waals surface area contributed by atoms with Crippen LogP contribution in [0.3, 0.4) is 0 Å². The number of carboxylic acids is 1. The van der Waals surface area contributed by atoms with Gasteiger partial charge >= 0.3 is 12.3 Å². The van der Waals surface area contributed by atoms with Crippen LogP contribution in [-0.4, -0.2) is 54.2 Å². The fraction of sp³-hybridized carbons (Fsp3) is 0.276. The number of carbonyl (C=O) groups is 2. The Kier molecular flexibility index (Phi) is 8.53. The van der Waals surface area contributed by atoms with Crippen LogP contribution in [0.1, 0.15) is 40.2 Å². The smallest absolute Gasteiger partial charge is 0.481 e. The number of carboxylic acid groups (broad SMARTS) is 1. The zero-order valence-corrected chi connectivity index (χ0v) is 21.2. The number of amides is 1. The van der Waals surface area contributed by atoms with Crippen LogP contribution in [0.2, 0.25) is 0 Å². The summed E-state index contributed by atoms with van der Waals surface area (Å²) in [5.41, 5.74) is 4.15. The van der Waals surface area contributed by atoms with Crippen LogP contribution in [0.5, 0.6) is 5.75 Å². The number of hydrogen-bond donors (Lipinski definition) is 2. The first-order valence-electron chi connectivity index (χ1n) is 12.4. The molecule has 0 bridgehead atoms. The molecule has 0 spiro atoms. The van der Waals surface area contributed by atoms with E-state index in [1.807, 2.05) is 54.7 Å². The first kappa shape index (κ1) is 27.7. The second kappa shape index (κ2) is 12.0. The van der Waals surface area contributed by atoms with Crippen molar-refractivity contribution in [1.29, 1.82) is 0 Å². The van der Waals surface area contributed by atoms with E-state index in [4.69, 9.17) is 5.11 Å². The number of hydrazone groups is 1. The van der Waals surface area contributed by atoms with Crippen molar-refractivity contribution in [1.82, 2.24) is 10.3 Å². The molecule has 3 aromatic carbocycles. The molecular weight excluding hydrogens is 511 g/mol. The lowest BCUT2D eigenvalue weighted by Gasteiger charge is -2.29. The molecule has 1 aliphatic rings. The molecular formula is C29H28F3N3O4. The summed E-state index contributed by atoms with van der Waals surface area (Å²) in [6, 6.07) is 21.0. The van der Waals surface area contributed by atoms with Gasteiger partial charge in [-0.05, 0) is 52.9 Å². The summed E-state index contributed by atoms with van der Waals surface area (Å²) in [6.07, 6.45) is -1.58. The molecule has 0 saturated heterocycles. The van der Waals surface area contributed by atoms with Crippen molar-refractivity contribution in [3.63, 3.8) is 0 Å². The minimum atomic E-state index is -4.74. The van der Waals surface area contributed by atoms with Crippen molar-refractivity contribution in [3.05, 3.63) is 89.5 Å². The lowest BCUT2D eigenvalue weighted by atomic mass is 9.83. The predicted molar refractivity (Wildman–Crippen MR) is 141 cm³/mol. The molecule has 10 heteroatoms. The summed E-state index contributed by atoms with van der Waals surface area (Å²) in [4.78, 5) is 23.0. The zero-order chi connectivity index (χ0) is 28.0. The molecule has 2 N–H and O–H groups in total. The van der Waals surface area contributed by atoms with Crippen molar-refractivity contribution >= 4 is 18.1 Å². The highest BCUT2D eigenvalue weighted by Gasteiger charge is 2.31. The lowest BCUT2D eigenvalue weighted by Crippen LogP contribution is -2.31. The highest BCUT2D eigenvalue weighted by molar-refractivity contribution is 5.94. The number of hydrogen-bond acceptors (Lipinski definition) is 5. The van der Waals surface area contributed by atoms with Gasteiger partial charge < -0.3 is 15.2 Å². The standard InChI is InChI=1S/C29H28F3N3O4/c1-35-26(13-16-34-35)25(17-19-5-7-21(8-6-19)28(38)33-15-14-27(36)37)23-4-2-3-22(18-23)20-9-11-24(12-10-20)39-29(30,31)32/h2-12,16,18,25-26H,13-15,17H2,1H3,(H,33,38)(H,36,37). The molecule has 1 amide bonds. The number of halogens is 3. The Morgan fingerprint density at radius 2 is 1.79 bits per heavy atom. The molecule has 7 nitrogen and oxygen atoms in total. The van der Waals surface area contributed by atoms with Gasteiger partial charge in [0.05, 0.1) is 12.5 Å². The zero-order valence-electron chi connectivity index (χ0n) is 21.2. The van der Waals surface area contributed by atoms with E-state index >= 15 is 0 Å². The third kappa shape index (κ3) is 7.59. The molecule has 2 unspecified atom stereocenters. The van der Waals surface area contributed by atoms with E-state index in [-0.39, 0.29) is 36.6 Å². The molecule has 3 aromatic rings. The number of nitrogens with zero attached hydrogens (tertiary/aromatic N) is 2. The third-order valence-corrected chi connectivity index (χ3v) is 6.59. The first-order valence-corrected chi connectivity index (χ1v) is 12.4. The minimum Gasteiger partial charge on any atom is -0.481 e. The quantitative estimate of drug-likeness (QED) is 0.357. The summed E-state index contributed by atoms with van der Waals surface area (Å²) in [6.45, 7) is 0.0560. The predicted octanol–water partition coefficient (Wildman–Crippen LogP) is 5.47. The van der Waals surface area contributed by atoms with E-state index in [0.29, 0.717) is 12.0 Å². The van der Waals surface area contributed by atoms with Gasteiger partial charge in [0, 0.05) is 37.7 Å². The molecule has 204 valence electrons. The Morgan fingerprint density at radius 3 is 2.41 bits per heavy atom. The van der Waals surface area contributed by atoms with Crippen molar-refractivity contribution in [2.24, 2.45) is 5.10 Å². The maximum absolute atomic E-state index is 12.5. The normalized spacial score (nSPS) is 15.7. The van der Waals surface area contributed by atoms with Crippen LogP contribution in [0, 0.1) is 0 Å². The van der Waals surface area contributed by atoms with Crippen LogP contribution < -0.4 is 10.1 Å². The van der Waals surface area contributed by atoms with Gasteiger partial charge in [-0.2, -0.15) is 5.10 Å². The highest BCUT2D eigenvalue weighted by Crippen LogP contribution is 2.34. The molecule has 0 aromatic heterocycles. The second-order valence-electron chi connectivity index (χ2n) is 9.28. The Morgan fingerprint density at radius 1 is 1.08 bits per heavy atom. The second-order valence-corrected chi connectivity index (χ2v) is 9.28. The highest BCUT2D eigenvalue weighted by atomic mass is 19.4. The number of benzene rings is 3. The van der Waals surface area contributed by atoms with E-state index in [2.05, 4.69) is 15.2 Å². The van der Waals surface area contributed by atoms with Gasteiger partial charge in [-0.15, -0.1) is 13.2 Å². The maximum atomic E-state index is 12.5. The van der Waals surface area contributed by atoms with Crippen LogP contribution >= 0.6 is 0 Å². The topological polar surface area (TPSA) is 91.2 Å². The summed E-state index contributed by atoms with van der Waals surface area (Å²) in [5, 5.41) is 17.7. The number of carbonyl (C=O) groups excluding carboxylic acids is 1. The average Bonchev–Trinajstić information content (AvgIpc) is 3.32. The van der Waals surface area contributed by atoms with Gasteiger partial charge in [-0.3, -0.25) is 14.6 Å². The number of ether oxygens (including phenoxy) is 1. The van der Waals surface area contributed by atoms with Gasteiger partial charge in [0.15, 0.2) is 0 Å². The van der Waals surface area contributed by atoms with Crippen molar-refractivity contribution in [2.45, 2.75) is 37.6 Å². The van der Waals surface area contributed by atoms with Gasteiger partial charge in [0.2, 0.25) is 0 Å². The molecule has 1 aliphatic heterocycles.